The van der Waals surface area contributed by atoms with Crippen LogP contribution < -0.4 is 4.74 Å². The molecule has 1 unspecified atom stereocenters. The van der Waals surface area contributed by atoms with Gasteiger partial charge in [0.25, 0.3) is 5.91 Å². The molecule has 1 fully saturated rings. The van der Waals surface area contributed by atoms with Gasteiger partial charge in [-0.25, -0.2) is 0 Å². The zero-order valence-corrected chi connectivity index (χ0v) is 12.6. The highest BCUT2D eigenvalue weighted by Crippen LogP contribution is 2.20. The molecule has 1 heterocycles. The number of ether oxygens (including phenoxy) is 1. The summed E-state index contributed by atoms with van der Waals surface area (Å²) in [6, 6.07) is 7.23. The molecule has 0 bridgehead atoms. The highest BCUT2D eigenvalue weighted by Gasteiger charge is 2.28. The largest absolute Gasteiger partial charge is 0.494 e. The van der Waals surface area contributed by atoms with Crippen LogP contribution in [0.15, 0.2) is 29.4 Å². The van der Waals surface area contributed by atoms with Crippen LogP contribution in [0.2, 0.25) is 0 Å². The van der Waals surface area contributed by atoms with Gasteiger partial charge >= 0.3 is 0 Å². The van der Waals surface area contributed by atoms with Crippen LogP contribution in [0, 0.1) is 5.92 Å². The average molecular weight is 290 g/mol. The lowest BCUT2D eigenvalue weighted by atomic mass is 9.93. The quantitative estimate of drug-likeness (QED) is 0.685. The van der Waals surface area contributed by atoms with Gasteiger partial charge in [0.15, 0.2) is 0 Å². The predicted octanol–water partition coefficient (Wildman–Crippen LogP) is 2.79. The Bertz CT molecular complexity index is 511. The minimum atomic E-state index is 0.0217. The maximum Gasteiger partial charge on any atom is 0.253 e. The molecule has 1 aromatic rings. The van der Waals surface area contributed by atoms with Gasteiger partial charge in [-0.05, 0) is 37.6 Å². The fourth-order valence-electron chi connectivity index (χ4n) is 2.64. The molecule has 1 aromatic carbocycles. The first-order valence-corrected chi connectivity index (χ1v) is 7.42. The van der Waals surface area contributed by atoms with E-state index in [4.69, 9.17) is 9.94 Å². The Kier molecular flexibility index (Phi) is 5.20. The van der Waals surface area contributed by atoms with E-state index in [1.54, 1.807) is 12.1 Å². The third-order valence-corrected chi connectivity index (χ3v) is 3.87. The zero-order chi connectivity index (χ0) is 15.2. The van der Waals surface area contributed by atoms with E-state index in [1.165, 1.54) is 0 Å². The zero-order valence-electron chi connectivity index (χ0n) is 12.6. The number of amides is 1. The smallest absolute Gasteiger partial charge is 0.253 e. The lowest BCUT2D eigenvalue weighted by Gasteiger charge is -2.32. The summed E-state index contributed by atoms with van der Waals surface area (Å²) in [5, 5.41) is 12.3. The molecular weight excluding hydrogens is 268 g/mol. The monoisotopic (exact) mass is 290 g/mol. The molecule has 0 saturated carbocycles. The maximum absolute atomic E-state index is 12.5. The van der Waals surface area contributed by atoms with Crippen LogP contribution >= 0.6 is 0 Å². The first-order chi connectivity index (χ1) is 10.2. The van der Waals surface area contributed by atoms with Crippen LogP contribution in [0.1, 0.15) is 37.0 Å². The molecule has 5 heteroatoms. The second-order valence-corrected chi connectivity index (χ2v) is 5.16. The minimum Gasteiger partial charge on any atom is -0.494 e. The summed E-state index contributed by atoms with van der Waals surface area (Å²) < 4.78 is 5.38. The number of likely N-dealkylation sites (tertiary alicyclic amines) is 1. The number of benzene rings is 1. The molecular formula is C16H22N2O3. The highest BCUT2D eigenvalue weighted by atomic mass is 16.5. The average Bonchev–Trinajstić information content (AvgIpc) is 2.54. The van der Waals surface area contributed by atoms with Gasteiger partial charge in [0, 0.05) is 31.0 Å². The van der Waals surface area contributed by atoms with E-state index in [9.17, 15) is 4.79 Å². The third kappa shape index (κ3) is 3.54. The van der Waals surface area contributed by atoms with Gasteiger partial charge in [0.1, 0.15) is 5.75 Å². The number of hydrogen-bond acceptors (Lipinski definition) is 4. The number of carbonyl (C=O) groups is 1. The topological polar surface area (TPSA) is 62.1 Å². The first-order valence-electron chi connectivity index (χ1n) is 7.42. The van der Waals surface area contributed by atoms with Gasteiger partial charge < -0.3 is 14.8 Å². The number of hydrogen-bond donors (Lipinski definition) is 1. The summed E-state index contributed by atoms with van der Waals surface area (Å²) in [4.78, 5) is 14.3. The van der Waals surface area contributed by atoms with E-state index in [0.717, 1.165) is 17.9 Å². The second kappa shape index (κ2) is 7.11. The first kappa shape index (κ1) is 15.4. The van der Waals surface area contributed by atoms with Gasteiger partial charge in [0.2, 0.25) is 0 Å². The van der Waals surface area contributed by atoms with E-state index in [0.29, 0.717) is 31.7 Å². The van der Waals surface area contributed by atoms with E-state index < -0.39 is 0 Å². The Morgan fingerprint density at radius 1 is 1.38 bits per heavy atom. The molecule has 1 aliphatic rings. The Morgan fingerprint density at radius 2 is 2.10 bits per heavy atom. The maximum atomic E-state index is 12.5. The Balaban J connectivity index is 2.06. The van der Waals surface area contributed by atoms with Crippen molar-refractivity contribution in [2.24, 2.45) is 11.1 Å². The SMILES string of the molecule is CCOc1ccc(C(=O)N2CC/C(=N/O)C(CC)C2)cc1. The molecule has 5 nitrogen and oxygen atoms in total. The predicted molar refractivity (Wildman–Crippen MR) is 81.1 cm³/mol. The van der Waals surface area contributed by atoms with Crippen molar-refractivity contribution in [1.82, 2.24) is 4.90 Å². The second-order valence-electron chi connectivity index (χ2n) is 5.16. The number of piperidine rings is 1. The molecule has 1 atom stereocenters. The molecule has 114 valence electrons. The summed E-state index contributed by atoms with van der Waals surface area (Å²) in [5.74, 6) is 0.942. The van der Waals surface area contributed by atoms with E-state index in [1.807, 2.05) is 30.9 Å². The molecule has 1 saturated heterocycles. The van der Waals surface area contributed by atoms with Crippen LogP contribution in [0.5, 0.6) is 5.75 Å². The van der Waals surface area contributed by atoms with Crippen LogP contribution in [-0.4, -0.2) is 41.4 Å². The lowest BCUT2D eigenvalue weighted by molar-refractivity contribution is 0.0729. The normalized spacial score (nSPS) is 20.6. The van der Waals surface area contributed by atoms with Crippen LogP contribution in [0.4, 0.5) is 0 Å². The van der Waals surface area contributed by atoms with Crippen molar-refractivity contribution in [2.45, 2.75) is 26.7 Å². The summed E-state index contributed by atoms with van der Waals surface area (Å²) in [6.07, 6.45) is 1.50. The highest BCUT2D eigenvalue weighted by molar-refractivity contribution is 5.96. The van der Waals surface area contributed by atoms with Crippen molar-refractivity contribution < 1.29 is 14.7 Å². The number of carbonyl (C=O) groups excluding carboxylic acids is 1. The van der Waals surface area contributed by atoms with Crippen molar-refractivity contribution in [3.63, 3.8) is 0 Å². The fourth-order valence-corrected chi connectivity index (χ4v) is 2.64. The molecule has 0 radical (unpaired) electrons. The van der Waals surface area contributed by atoms with Crippen LogP contribution in [-0.2, 0) is 0 Å². The third-order valence-electron chi connectivity index (χ3n) is 3.87. The van der Waals surface area contributed by atoms with E-state index in [-0.39, 0.29) is 11.8 Å². The Hall–Kier alpha value is -2.04. The van der Waals surface area contributed by atoms with Gasteiger partial charge in [-0.15, -0.1) is 0 Å². The van der Waals surface area contributed by atoms with E-state index >= 15 is 0 Å². The summed E-state index contributed by atoms with van der Waals surface area (Å²) >= 11 is 0. The van der Waals surface area contributed by atoms with Crippen LogP contribution in [0.3, 0.4) is 0 Å². The summed E-state index contributed by atoms with van der Waals surface area (Å²) in [6.45, 7) is 5.80. The fraction of sp³-hybridized carbons (Fsp3) is 0.500. The molecule has 2 rings (SSSR count). The van der Waals surface area contributed by atoms with Gasteiger partial charge in [-0.3, -0.25) is 4.79 Å². The molecule has 0 aromatic heterocycles. The number of oxime groups is 1. The Labute approximate surface area is 125 Å². The van der Waals surface area contributed by atoms with Gasteiger partial charge in [-0.2, -0.15) is 0 Å². The number of rotatable bonds is 4. The summed E-state index contributed by atoms with van der Waals surface area (Å²) in [5.41, 5.74) is 1.46. The molecule has 1 N–H and O–H groups in total. The molecule has 21 heavy (non-hydrogen) atoms. The van der Waals surface area contributed by atoms with Gasteiger partial charge in [-0.1, -0.05) is 12.1 Å². The molecule has 0 spiro atoms. The Morgan fingerprint density at radius 3 is 2.67 bits per heavy atom. The van der Waals surface area contributed by atoms with Crippen molar-refractivity contribution in [3.05, 3.63) is 29.8 Å². The van der Waals surface area contributed by atoms with Crippen LogP contribution in [0.25, 0.3) is 0 Å². The van der Waals surface area contributed by atoms with Gasteiger partial charge in [0.05, 0.1) is 12.3 Å². The number of nitrogens with zero attached hydrogens (tertiary/aromatic N) is 2. The molecule has 0 aliphatic carbocycles. The van der Waals surface area contributed by atoms with E-state index in [2.05, 4.69) is 5.16 Å². The van der Waals surface area contributed by atoms with Crippen molar-refractivity contribution >= 4 is 11.6 Å². The summed E-state index contributed by atoms with van der Waals surface area (Å²) in [7, 11) is 0. The standard InChI is InChI=1S/C16H22N2O3/c1-3-12-11-18(10-9-15(12)17-20)16(19)13-5-7-14(8-6-13)21-4-2/h5-8,12,20H,3-4,9-11H2,1-2H3/b17-15-. The van der Waals surface area contributed by atoms with Crippen molar-refractivity contribution in [1.29, 1.82) is 0 Å². The van der Waals surface area contributed by atoms with Crippen molar-refractivity contribution in [2.75, 3.05) is 19.7 Å². The lowest BCUT2D eigenvalue weighted by Crippen LogP contribution is -2.44. The van der Waals surface area contributed by atoms with Crippen molar-refractivity contribution in [3.8, 4) is 5.75 Å². The molecule has 1 aliphatic heterocycles. The minimum absolute atomic E-state index is 0.0217. The molecule has 1 amide bonds.